The van der Waals surface area contributed by atoms with Crippen LogP contribution in [0.5, 0.6) is 5.75 Å². The van der Waals surface area contributed by atoms with E-state index in [9.17, 15) is 9.59 Å². The SMILES string of the molecule is COc1cccc(C(=O)Nc2cccc(N3CCCC3=O)c2)c1. The van der Waals surface area contributed by atoms with E-state index in [0.29, 0.717) is 23.4 Å². The molecule has 0 spiro atoms. The molecule has 2 amide bonds. The number of rotatable bonds is 4. The molecular formula is C18H18N2O3. The molecule has 5 heteroatoms. The van der Waals surface area contributed by atoms with Gasteiger partial charge in [-0.3, -0.25) is 9.59 Å². The van der Waals surface area contributed by atoms with Crippen LogP contribution in [0.25, 0.3) is 0 Å². The van der Waals surface area contributed by atoms with Crippen LogP contribution >= 0.6 is 0 Å². The molecule has 0 aromatic heterocycles. The van der Waals surface area contributed by atoms with E-state index in [0.717, 1.165) is 18.7 Å². The van der Waals surface area contributed by atoms with Crippen molar-refractivity contribution in [3.8, 4) is 5.75 Å². The fourth-order valence-electron chi connectivity index (χ4n) is 2.64. The molecule has 0 atom stereocenters. The summed E-state index contributed by atoms with van der Waals surface area (Å²) in [6, 6.07) is 14.3. The number of ether oxygens (including phenoxy) is 1. The molecule has 1 aliphatic rings. The Hall–Kier alpha value is -2.82. The van der Waals surface area contributed by atoms with Crippen molar-refractivity contribution in [1.29, 1.82) is 0 Å². The molecule has 1 saturated heterocycles. The third kappa shape index (κ3) is 3.34. The summed E-state index contributed by atoms with van der Waals surface area (Å²) in [5.74, 6) is 0.545. The largest absolute Gasteiger partial charge is 0.497 e. The lowest BCUT2D eigenvalue weighted by atomic mass is 10.2. The number of carbonyl (C=O) groups is 2. The molecule has 23 heavy (non-hydrogen) atoms. The van der Waals surface area contributed by atoms with Crippen molar-refractivity contribution >= 4 is 23.2 Å². The van der Waals surface area contributed by atoms with Gasteiger partial charge in [0.05, 0.1) is 7.11 Å². The van der Waals surface area contributed by atoms with Gasteiger partial charge in [-0.2, -0.15) is 0 Å². The molecule has 2 aromatic carbocycles. The van der Waals surface area contributed by atoms with E-state index in [1.54, 1.807) is 36.3 Å². The van der Waals surface area contributed by atoms with Crippen molar-refractivity contribution in [1.82, 2.24) is 0 Å². The van der Waals surface area contributed by atoms with Crippen LogP contribution in [0.4, 0.5) is 11.4 Å². The molecule has 1 fully saturated rings. The highest BCUT2D eigenvalue weighted by molar-refractivity contribution is 6.05. The second kappa shape index (κ2) is 6.52. The average molecular weight is 310 g/mol. The zero-order chi connectivity index (χ0) is 16.2. The van der Waals surface area contributed by atoms with Gasteiger partial charge in [0.2, 0.25) is 5.91 Å². The Morgan fingerprint density at radius 1 is 1.17 bits per heavy atom. The minimum Gasteiger partial charge on any atom is -0.497 e. The standard InChI is InChI=1S/C18H18N2O3/c1-23-16-8-2-5-13(11-16)18(22)19-14-6-3-7-15(12-14)20-10-4-9-17(20)21/h2-3,5-8,11-12H,4,9-10H2,1H3,(H,19,22). The topological polar surface area (TPSA) is 58.6 Å². The lowest BCUT2D eigenvalue weighted by Gasteiger charge is -2.16. The highest BCUT2D eigenvalue weighted by Crippen LogP contribution is 2.24. The van der Waals surface area contributed by atoms with Crippen LogP contribution in [0.1, 0.15) is 23.2 Å². The first kappa shape index (κ1) is 15.1. The van der Waals surface area contributed by atoms with Gasteiger partial charge in [-0.25, -0.2) is 0 Å². The molecule has 1 aliphatic heterocycles. The number of hydrogen-bond donors (Lipinski definition) is 1. The van der Waals surface area contributed by atoms with Crippen LogP contribution in [0.2, 0.25) is 0 Å². The number of hydrogen-bond acceptors (Lipinski definition) is 3. The smallest absolute Gasteiger partial charge is 0.255 e. The van der Waals surface area contributed by atoms with E-state index in [1.807, 2.05) is 24.3 Å². The van der Waals surface area contributed by atoms with Crippen molar-refractivity contribution in [2.24, 2.45) is 0 Å². The molecule has 3 rings (SSSR count). The number of carbonyl (C=O) groups excluding carboxylic acids is 2. The first-order chi connectivity index (χ1) is 11.2. The molecule has 118 valence electrons. The number of anilines is 2. The summed E-state index contributed by atoms with van der Waals surface area (Å²) in [6.45, 7) is 0.728. The van der Waals surface area contributed by atoms with E-state index in [4.69, 9.17) is 4.74 Å². The van der Waals surface area contributed by atoms with Gasteiger partial charge in [-0.15, -0.1) is 0 Å². The maximum Gasteiger partial charge on any atom is 0.255 e. The Bertz CT molecular complexity index is 743. The maximum absolute atomic E-state index is 12.3. The predicted molar refractivity (Wildman–Crippen MR) is 89.0 cm³/mol. The van der Waals surface area contributed by atoms with Gasteiger partial charge in [0.25, 0.3) is 5.91 Å². The van der Waals surface area contributed by atoms with Gasteiger partial charge in [0.1, 0.15) is 5.75 Å². The van der Waals surface area contributed by atoms with Crippen molar-refractivity contribution < 1.29 is 14.3 Å². The first-order valence-corrected chi connectivity index (χ1v) is 7.53. The molecule has 2 aromatic rings. The van der Waals surface area contributed by atoms with Crippen LogP contribution in [-0.2, 0) is 4.79 Å². The van der Waals surface area contributed by atoms with Crippen molar-refractivity contribution in [3.63, 3.8) is 0 Å². The number of amides is 2. The Morgan fingerprint density at radius 2 is 2.00 bits per heavy atom. The summed E-state index contributed by atoms with van der Waals surface area (Å²) < 4.78 is 5.13. The minimum atomic E-state index is -0.214. The average Bonchev–Trinajstić information content (AvgIpc) is 3.01. The number of methoxy groups -OCH3 is 1. The number of benzene rings is 2. The molecule has 0 radical (unpaired) electrons. The summed E-state index contributed by atoms with van der Waals surface area (Å²) in [5.41, 5.74) is 2.00. The molecule has 1 heterocycles. The third-order valence-electron chi connectivity index (χ3n) is 3.82. The lowest BCUT2D eigenvalue weighted by Crippen LogP contribution is -2.23. The van der Waals surface area contributed by atoms with E-state index >= 15 is 0 Å². The summed E-state index contributed by atoms with van der Waals surface area (Å²) in [6.07, 6.45) is 1.46. The fourth-order valence-corrected chi connectivity index (χ4v) is 2.64. The molecule has 0 bridgehead atoms. The van der Waals surface area contributed by atoms with Gasteiger partial charge in [0, 0.05) is 29.9 Å². The molecule has 0 unspecified atom stereocenters. The number of nitrogens with zero attached hydrogens (tertiary/aromatic N) is 1. The van der Waals surface area contributed by atoms with E-state index in [-0.39, 0.29) is 11.8 Å². The monoisotopic (exact) mass is 310 g/mol. The highest BCUT2D eigenvalue weighted by atomic mass is 16.5. The molecule has 0 saturated carbocycles. The predicted octanol–water partition coefficient (Wildman–Crippen LogP) is 3.07. The quantitative estimate of drug-likeness (QED) is 0.944. The summed E-state index contributed by atoms with van der Waals surface area (Å²) in [5, 5.41) is 2.86. The van der Waals surface area contributed by atoms with E-state index < -0.39 is 0 Å². The summed E-state index contributed by atoms with van der Waals surface area (Å²) >= 11 is 0. The molecule has 1 N–H and O–H groups in total. The Balaban J connectivity index is 1.77. The molecule has 0 aliphatic carbocycles. The zero-order valence-electron chi connectivity index (χ0n) is 12.9. The third-order valence-corrected chi connectivity index (χ3v) is 3.82. The molecular weight excluding hydrogens is 292 g/mol. The fraction of sp³-hybridized carbons (Fsp3) is 0.222. The highest BCUT2D eigenvalue weighted by Gasteiger charge is 2.21. The van der Waals surface area contributed by atoms with Crippen LogP contribution in [-0.4, -0.2) is 25.5 Å². The minimum absolute atomic E-state index is 0.126. The van der Waals surface area contributed by atoms with Gasteiger partial charge in [-0.1, -0.05) is 12.1 Å². The van der Waals surface area contributed by atoms with Crippen LogP contribution in [0.15, 0.2) is 48.5 Å². The van der Waals surface area contributed by atoms with Crippen molar-refractivity contribution in [2.45, 2.75) is 12.8 Å². The Kier molecular flexibility index (Phi) is 4.28. The van der Waals surface area contributed by atoms with Crippen LogP contribution < -0.4 is 15.0 Å². The van der Waals surface area contributed by atoms with Gasteiger partial charge >= 0.3 is 0 Å². The second-order valence-corrected chi connectivity index (χ2v) is 5.39. The van der Waals surface area contributed by atoms with Crippen molar-refractivity contribution in [2.75, 3.05) is 23.9 Å². The van der Waals surface area contributed by atoms with Gasteiger partial charge in [0.15, 0.2) is 0 Å². The van der Waals surface area contributed by atoms with Crippen LogP contribution in [0, 0.1) is 0 Å². The first-order valence-electron chi connectivity index (χ1n) is 7.53. The summed E-state index contributed by atoms with van der Waals surface area (Å²) in [7, 11) is 1.56. The second-order valence-electron chi connectivity index (χ2n) is 5.39. The molecule has 5 nitrogen and oxygen atoms in total. The lowest BCUT2D eigenvalue weighted by molar-refractivity contribution is -0.117. The van der Waals surface area contributed by atoms with E-state index in [2.05, 4.69) is 5.32 Å². The Labute approximate surface area is 134 Å². The van der Waals surface area contributed by atoms with Gasteiger partial charge < -0.3 is 15.0 Å². The number of nitrogens with one attached hydrogen (secondary N) is 1. The normalized spacial score (nSPS) is 14.0. The van der Waals surface area contributed by atoms with E-state index in [1.165, 1.54) is 0 Å². The Morgan fingerprint density at radius 3 is 2.74 bits per heavy atom. The van der Waals surface area contributed by atoms with Crippen LogP contribution in [0.3, 0.4) is 0 Å². The summed E-state index contributed by atoms with van der Waals surface area (Å²) in [4.78, 5) is 25.9. The van der Waals surface area contributed by atoms with Crippen molar-refractivity contribution in [3.05, 3.63) is 54.1 Å². The van der Waals surface area contributed by atoms with Gasteiger partial charge in [-0.05, 0) is 42.8 Å². The maximum atomic E-state index is 12.3. The zero-order valence-corrected chi connectivity index (χ0v) is 12.9.